The van der Waals surface area contributed by atoms with Crippen LogP contribution in [0.2, 0.25) is 0 Å². The van der Waals surface area contributed by atoms with Crippen LogP contribution in [0.1, 0.15) is 16.7 Å². The van der Waals surface area contributed by atoms with Crippen molar-refractivity contribution in [1.82, 2.24) is 0 Å². The lowest BCUT2D eigenvalue weighted by atomic mass is 10.1. The molecule has 5 nitrogen and oxygen atoms in total. The van der Waals surface area contributed by atoms with E-state index in [1.807, 2.05) is 18.4 Å². The summed E-state index contributed by atoms with van der Waals surface area (Å²) in [5.41, 5.74) is 3.17. The molecule has 0 atom stereocenters. The zero-order valence-corrected chi connectivity index (χ0v) is 11.0. The third kappa shape index (κ3) is 2.89. The molecule has 1 aromatic heterocycles. The van der Waals surface area contributed by atoms with Gasteiger partial charge in [-0.25, -0.2) is 0 Å². The Morgan fingerprint density at radius 3 is 2.84 bits per heavy atom. The number of nitrogens with one attached hydrogen (secondary N) is 1. The van der Waals surface area contributed by atoms with Gasteiger partial charge in [0.25, 0.3) is 5.69 Å². The highest BCUT2D eigenvalue weighted by Gasteiger charge is 2.10. The molecule has 0 unspecified atom stereocenters. The van der Waals surface area contributed by atoms with Crippen LogP contribution in [0.25, 0.3) is 0 Å². The van der Waals surface area contributed by atoms with Gasteiger partial charge in [-0.05, 0) is 34.9 Å². The average molecular weight is 273 g/mol. The Kier molecular flexibility index (Phi) is 3.78. The van der Waals surface area contributed by atoms with Gasteiger partial charge in [0.2, 0.25) is 0 Å². The molecule has 0 aliphatic rings. The first-order valence-corrected chi connectivity index (χ1v) is 6.50. The van der Waals surface area contributed by atoms with Crippen molar-refractivity contribution in [2.75, 3.05) is 5.32 Å². The molecule has 1 heterocycles. The molecule has 1 aromatic carbocycles. The molecular weight excluding hydrogens is 262 g/mol. The van der Waals surface area contributed by atoms with Crippen molar-refractivity contribution >= 4 is 22.7 Å². The minimum Gasteiger partial charge on any atom is -0.380 e. The predicted octanol–water partition coefficient (Wildman–Crippen LogP) is 3.45. The third-order valence-corrected chi connectivity index (χ3v) is 3.68. The highest BCUT2D eigenvalue weighted by atomic mass is 32.1. The van der Waals surface area contributed by atoms with Crippen LogP contribution in [-0.4, -0.2) is 4.92 Å². The summed E-state index contributed by atoms with van der Waals surface area (Å²) in [4.78, 5) is 10.1. The summed E-state index contributed by atoms with van der Waals surface area (Å²) in [6, 6.07) is 6.21. The van der Waals surface area contributed by atoms with Crippen LogP contribution in [-0.2, 0) is 6.54 Å². The Bertz CT molecular complexity index is 658. The van der Waals surface area contributed by atoms with Crippen molar-refractivity contribution in [3.63, 3.8) is 0 Å². The molecule has 19 heavy (non-hydrogen) atoms. The number of hydrogen-bond donors (Lipinski definition) is 1. The summed E-state index contributed by atoms with van der Waals surface area (Å²) in [5.74, 6) is 0. The Balaban J connectivity index is 2.19. The maximum atomic E-state index is 10.6. The number of rotatable bonds is 4. The molecule has 0 saturated carbocycles. The molecule has 96 valence electrons. The largest absolute Gasteiger partial charge is 0.380 e. The molecule has 0 radical (unpaired) electrons. The van der Waals surface area contributed by atoms with Gasteiger partial charge in [-0.1, -0.05) is 0 Å². The number of nitro benzene ring substituents is 1. The second-order valence-electron chi connectivity index (χ2n) is 4.03. The number of nitriles is 1. The number of benzene rings is 1. The monoisotopic (exact) mass is 273 g/mol. The SMILES string of the molecule is Cc1cscc1CNc1ccc([N+](=O)[O-])cc1C#N. The van der Waals surface area contributed by atoms with Gasteiger partial charge in [0, 0.05) is 18.7 Å². The highest BCUT2D eigenvalue weighted by Crippen LogP contribution is 2.23. The van der Waals surface area contributed by atoms with Crippen molar-refractivity contribution in [3.05, 3.63) is 55.8 Å². The topological polar surface area (TPSA) is 79.0 Å². The van der Waals surface area contributed by atoms with Gasteiger partial charge in [0.1, 0.15) is 6.07 Å². The van der Waals surface area contributed by atoms with Crippen LogP contribution in [0.3, 0.4) is 0 Å². The number of hydrogen-bond acceptors (Lipinski definition) is 5. The molecule has 0 saturated heterocycles. The Morgan fingerprint density at radius 2 is 2.26 bits per heavy atom. The van der Waals surface area contributed by atoms with E-state index in [4.69, 9.17) is 5.26 Å². The molecule has 0 aliphatic heterocycles. The maximum absolute atomic E-state index is 10.6. The van der Waals surface area contributed by atoms with E-state index >= 15 is 0 Å². The van der Waals surface area contributed by atoms with Crippen LogP contribution in [0.4, 0.5) is 11.4 Å². The fourth-order valence-electron chi connectivity index (χ4n) is 1.65. The van der Waals surface area contributed by atoms with Gasteiger partial charge >= 0.3 is 0 Å². The first kappa shape index (κ1) is 13.1. The van der Waals surface area contributed by atoms with Crippen LogP contribution >= 0.6 is 11.3 Å². The van der Waals surface area contributed by atoms with E-state index in [0.29, 0.717) is 12.2 Å². The third-order valence-electron chi connectivity index (χ3n) is 2.77. The van der Waals surface area contributed by atoms with E-state index < -0.39 is 4.92 Å². The Labute approximate surface area is 114 Å². The molecule has 6 heteroatoms. The van der Waals surface area contributed by atoms with Gasteiger partial charge in [0.15, 0.2) is 0 Å². The molecule has 1 N–H and O–H groups in total. The summed E-state index contributed by atoms with van der Waals surface area (Å²) in [6.45, 7) is 2.62. The normalized spacial score (nSPS) is 9.89. The van der Waals surface area contributed by atoms with Crippen molar-refractivity contribution in [3.8, 4) is 6.07 Å². The number of nitro groups is 1. The molecule has 2 rings (SSSR count). The molecule has 0 aliphatic carbocycles. The molecule has 2 aromatic rings. The van der Waals surface area contributed by atoms with Crippen molar-refractivity contribution in [2.24, 2.45) is 0 Å². The lowest BCUT2D eigenvalue weighted by molar-refractivity contribution is -0.384. The maximum Gasteiger partial charge on any atom is 0.270 e. The smallest absolute Gasteiger partial charge is 0.270 e. The molecular formula is C13H11N3O2S. The summed E-state index contributed by atoms with van der Waals surface area (Å²) in [5, 5.41) is 26.9. The number of non-ortho nitro benzene ring substituents is 1. The number of aryl methyl sites for hydroxylation is 1. The van der Waals surface area contributed by atoms with Gasteiger partial charge in [-0.15, -0.1) is 0 Å². The van der Waals surface area contributed by atoms with E-state index in [1.54, 1.807) is 17.4 Å². The minimum atomic E-state index is -0.506. The Hall–Kier alpha value is -2.39. The second-order valence-corrected chi connectivity index (χ2v) is 4.78. The quantitative estimate of drug-likeness (QED) is 0.683. The molecule has 0 bridgehead atoms. The van der Waals surface area contributed by atoms with Crippen LogP contribution in [0.15, 0.2) is 29.0 Å². The minimum absolute atomic E-state index is 0.0752. The number of nitrogens with zero attached hydrogens (tertiary/aromatic N) is 2. The summed E-state index contributed by atoms with van der Waals surface area (Å²) >= 11 is 1.62. The fraction of sp³-hybridized carbons (Fsp3) is 0.154. The lowest BCUT2D eigenvalue weighted by Gasteiger charge is -2.07. The number of anilines is 1. The second kappa shape index (κ2) is 5.50. The number of thiophene rings is 1. The van der Waals surface area contributed by atoms with Crippen LogP contribution < -0.4 is 5.32 Å². The average Bonchev–Trinajstić information content (AvgIpc) is 2.81. The van der Waals surface area contributed by atoms with E-state index in [2.05, 4.69) is 10.7 Å². The Morgan fingerprint density at radius 1 is 1.47 bits per heavy atom. The van der Waals surface area contributed by atoms with E-state index in [9.17, 15) is 10.1 Å². The fourth-order valence-corrected chi connectivity index (χ4v) is 2.51. The summed E-state index contributed by atoms with van der Waals surface area (Å²) in [6.07, 6.45) is 0. The van der Waals surface area contributed by atoms with E-state index in [1.165, 1.54) is 17.7 Å². The zero-order chi connectivity index (χ0) is 13.8. The van der Waals surface area contributed by atoms with Crippen LogP contribution in [0, 0.1) is 28.4 Å². The van der Waals surface area contributed by atoms with E-state index in [-0.39, 0.29) is 11.3 Å². The van der Waals surface area contributed by atoms with Gasteiger partial charge in [-0.2, -0.15) is 16.6 Å². The lowest BCUT2D eigenvalue weighted by Crippen LogP contribution is -2.02. The van der Waals surface area contributed by atoms with Crippen LogP contribution in [0.5, 0.6) is 0 Å². The first-order valence-electron chi connectivity index (χ1n) is 5.56. The van der Waals surface area contributed by atoms with Gasteiger partial charge < -0.3 is 5.32 Å². The van der Waals surface area contributed by atoms with Crippen molar-refractivity contribution in [2.45, 2.75) is 13.5 Å². The van der Waals surface area contributed by atoms with Gasteiger partial charge in [0.05, 0.1) is 16.2 Å². The van der Waals surface area contributed by atoms with Crippen molar-refractivity contribution in [1.29, 1.82) is 5.26 Å². The van der Waals surface area contributed by atoms with Gasteiger partial charge in [-0.3, -0.25) is 10.1 Å². The van der Waals surface area contributed by atoms with E-state index in [0.717, 1.165) is 5.56 Å². The molecule has 0 fully saturated rings. The first-order chi connectivity index (χ1) is 9.11. The summed E-state index contributed by atoms with van der Waals surface area (Å²) < 4.78 is 0. The molecule has 0 amide bonds. The summed E-state index contributed by atoms with van der Waals surface area (Å²) in [7, 11) is 0. The predicted molar refractivity (Wildman–Crippen MR) is 74.2 cm³/mol. The van der Waals surface area contributed by atoms with Crippen molar-refractivity contribution < 1.29 is 4.92 Å². The zero-order valence-electron chi connectivity index (χ0n) is 10.2. The standard InChI is InChI=1S/C13H11N3O2S/c1-9-7-19-8-11(9)6-15-13-3-2-12(16(17)18)4-10(13)5-14/h2-4,7-8,15H,6H2,1H3. The molecule has 0 spiro atoms. The highest BCUT2D eigenvalue weighted by molar-refractivity contribution is 7.08.